The van der Waals surface area contributed by atoms with Crippen molar-refractivity contribution in [3.63, 3.8) is 0 Å². The van der Waals surface area contributed by atoms with E-state index in [1.807, 2.05) is 0 Å². The fraction of sp³-hybridized carbons (Fsp3) is 0.600. The van der Waals surface area contributed by atoms with Crippen LogP contribution in [0.5, 0.6) is 0 Å². The average Bonchev–Trinajstić information content (AvgIpc) is 2.72. The number of aliphatic hydroxyl groups excluding tert-OH is 2. The van der Waals surface area contributed by atoms with E-state index in [2.05, 4.69) is 0 Å². The molecule has 2 aliphatic heterocycles. The maximum absolute atomic E-state index is 12.9. The second-order valence-electron chi connectivity index (χ2n) is 7.24. The lowest BCUT2D eigenvalue weighted by Gasteiger charge is -2.35. The van der Waals surface area contributed by atoms with Gasteiger partial charge in [0.25, 0.3) is 11.8 Å². The van der Waals surface area contributed by atoms with Crippen molar-refractivity contribution in [2.75, 3.05) is 26.3 Å². The zero-order valence-electron chi connectivity index (χ0n) is 15.1. The van der Waals surface area contributed by atoms with Crippen molar-refractivity contribution in [3.8, 4) is 0 Å². The Labute approximate surface area is 154 Å². The molecule has 3 rings (SSSR count). The lowest BCUT2D eigenvalue weighted by molar-refractivity contribution is 0.0498. The average molecular weight is 360 g/mol. The summed E-state index contributed by atoms with van der Waals surface area (Å²) >= 11 is 0. The van der Waals surface area contributed by atoms with E-state index in [0.717, 1.165) is 38.5 Å². The number of benzene rings is 1. The smallest absolute Gasteiger partial charge is 0.254 e. The minimum absolute atomic E-state index is 0.0314. The molecule has 2 aliphatic rings. The Hall–Kier alpha value is -1.92. The third-order valence-corrected chi connectivity index (χ3v) is 5.55. The Kier molecular flexibility index (Phi) is 6.27. The predicted octanol–water partition coefficient (Wildman–Crippen LogP) is 1.66. The molecular formula is C20H28N2O4. The summed E-state index contributed by atoms with van der Waals surface area (Å²) in [5.41, 5.74) is 0.961. The molecule has 6 heteroatoms. The molecule has 1 aromatic rings. The molecule has 2 heterocycles. The van der Waals surface area contributed by atoms with Crippen LogP contribution < -0.4 is 0 Å². The van der Waals surface area contributed by atoms with Gasteiger partial charge in [0.05, 0.1) is 25.3 Å². The number of carbonyl (C=O) groups excluding carboxylic acids is 2. The van der Waals surface area contributed by atoms with Gasteiger partial charge in [0, 0.05) is 24.2 Å². The van der Waals surface area contributed by atoms with Gasteiger partial charge in [-0.25, -0.2) is 0 Å². The lowest BCUT2D eigenvalue weighted by Crippen LogP contribution is -2.46. The van der Waals surface area contributed by atoms with Gasteiger partial charge in [0.2, 0.25) is 0 Å². The fourth-order valence-corrected chi connectivity index (χ4v) is 4.03. The van der Waals surface area contributed by atoms with E-state index in [0.29, 0.717) is 24.2 Å². The van der Waals surface area contributed by atoms with Crippen LogP contribution in [-0.2, 0) is 0 Å². The molecular weight excluding hydrogens is 332 g/mol. The minimum atomic E-state index is -0.142. The molecule has 0 bridgehead atoms. The normalized spacial score (nSPS) is 23.8. The molecule has 1 aromatic carbocycles. The highest BCUT2D eigenvalue weighted by Gasteiger charge is 2.29. The largest absolute Gasteiger partial charge is 0.394 e. The number of aliphatic hydroxyl groups is 2. The van der Waals surface area contributed by atoms with Gasteiger partial charge < -0.3 is 20.0 Å². The van der Waals surface area contributed by atoms with Crippen molar-refractivity contribution >= 4 is 11.8 Å². The molecule has 2 N–H and O–H groups in total. The SMILES string of the molecule is O=C(c1cccc(C(=O)N2CCCC[C@@H]2CO)c1)N1CCCC[C@@H]1CO. The van der Waals surface area contributed by atoms with Crippen LogP contribution in [0.1, 0.15) is 59.2 Å². The number of hydrogen-bond acceptors (Lipinski definition) is 4. The van der Waals surface area contributed by atoms with Crippen molar-refractivity contribution in [3.05, 3.63) is 35.4 Å². The lowest BCUT2D eigenvalue weighted by atomic mass is 9.99. The number of likely N-dealkylation sites (tertiary alicyclic amines) is 2. The van der Waals surface area contributed by atoms with Crippen molar-refractivity contribution in [2.24, 2.45) is 0 Å². The van der Waals surface area contributed by atoms with E-state index in [1.54, 1.807) is 34.1 Å². The first-order valence-electron chi connectivity index (χ1n) is 9.59. The Balaban J connectivity index is 1.79. The molecule has 0 unspecified atom stereocenters. The molecule has 2 atom stereocenters. The Morgan fingerprint density at radius 1 is 0.846 bits per heavy atom. The van der Waals surface area contributed by atoms with Crippen molar-refractivity contribution in [1.82, 2.24) is 9.80 Å². The van der Waals surface area contributed by atoms with Gasteiger partial charge in [-0.3, -0.25) is 9.59 Å². The molecule has 2 saturated heterocycles. The highest BCUT2D eigenvalue weighted by atomic mass is 16.3. The molecule has 0 aromatic heterocycles. The number of carbonyl (C=O) groups is 2. The number of piperidine rings is 2. The van der Waals surface area contributed by atoms with Crippen LogP contribution in [0.3, 0.4) is 0 Å². The molecule has 2 amide bonds. The van der Waals surface area contributed by atoms with Crippen LogP contribution in [-0.4, -0.2) is 70.2 Å². The number of nitrogens with zero attached hydrogens (tertiary/aromatic N) is 2. The van der Waals surface area contributed by atoms with Crippen LogP contribution in [0.2, 0.25) is 0 Å². The molecule has 0 spiro atoms. The zero-order valence-corrected chi connectivity index (χ0v) is 15.1. The molecule has 142 valence electrons. The summed E-state index contributed by atoms with van der Waals surface area (Å²) in [7, 11) is 0. The van der Waals surface area contributed by atoms with Crippen molar-refractivity contribution in [1.29, 1.82) is 0 Å². The molecule has 2 fully saturated rings. The van der Waals surface area contributed by atoms with Crippen LogP contribution in [0.25, 0.3) is 0 Å². The van der Waals surface area contributed by atoms with E-state index in [9.17, 15) is 19.8 Å². The monoisotopic (exact) mass is 360 g/mol. The van der Waals surface area contributed by atoms with E-state index in [1.165, 1.54) is 0 Å². The first-order valence-corrected chi connectivity index (χ1v) is 9.59. The van der Waals surface area contributed by atoms with Gasteiger partial charge in [-0.1, -0.05) is 6.07 Å². The number of hydrogen-bond donors (Lipinski definition) is 2. The zero-order chi connectivity index (χ0) is 18.5. The third kappa shape index (κ3) is 3.91. The van der Waals surface area contributed by atoms with Gasteiger partial charge in [-0.05, 0) is 56.7 Å². The van der Waals surface area contributed by atoms with Gasteiger partial charge in [0.15, 0.2) is 0 Å². The van der Waals surface area contributed by atoms with E-state index in [-0.39, 0.29) is 37.1 Å². The second-order valence-corrected chi connectivity index (χ2v) is 7.24. The second kappa shape index (κ2) is 8.64. The highest BCUT2D eigenvalue weighted by Crippen LogP contribution is 2.22. The van der Waals surface area contributed by atoms with Gasteiger partial charge in [-0.2, -0.15) is 0 Å². The quantitative estimate of drug-likeness (QED) is 0.856. The summed E-state index contributed by atoms with van der Waals surface area (Å²) in [6.45, 7) is 1.22. The van der Waals surface area contributed by atoms with E-state index >= 15 is 0 Å². The Bertz CT molecular complexity index is 597. The van der Waals surface area contributed by atoms with Crippen LogP contribution in [0.15, 0.2) is 24.3 Å². The van der Waals surface area contributed by atoms with Crippen molar-refractivity contribution < 1.29 is 19.8 Å². The molecule has 0 saturated carbocycles. The van der Waals surface area contributed by atoms with E-state index < -0.39 is 0 Å². The topological polar surface area (TPSA) is 81.1 Å². The summed E-state index contributed by atoms with van der Waals surface area (Å²) < 4.78 is 0. The van der Waals surface area contributed by atoms with Gasteiger partial charge in [-0.15, -0.1) is 0 Å². The summed E-state index contributed by atoms with van der Waals surface area (Å²) in [4.78, 5) is 29.2. The van der Waals surface area contributed by atoms with Gasteiger partial charge >= 0.3 is 0 Å². The summed E-state index contributed by atoms with van der Waals surface area (Å²) in [6, 6.07) is 6.55. The molecule has 6 nitrogen and oxygen atoms in total. The summed E-state index contributed by atoms with van der Waals surface area (Å²) in [6.07, 6.45) is 5.54. The highest BCUT2D eigenvalue weighted by molar-refractivity contribution is 6.00. The minimum Gasteiger partial charge on any atom is -0.394 e. The fourth-order valence-electron chi connectivity index (χ4n) is 4.03. The maximum atomic E-state index is 12.9. The van der Waals surface area contributed by atoms with Crippen LogP contribution in [0, 0.1) is 0 Å². The van der Waals surface area contributed by atoms with Crippen LogP contribution in [0.4, 0.5) is 0 Å². The standard InChI is InChI=1S/C20H28N2O4/c23-13-17-8-1-3-10-21(17)19(25)15-6-5-7-16(12-15)20(26)22-11-4-2-9-18(22)14-24/h5-7,12,17-18,23-24H,1-4,8-11,13-14H2/t17-,18-/m1/s1. The number of amides is 2. The molecule has 26 heavy (non-hydrogen) atoms. The predicted molar refractivity (Wildman–Crippen MR) is 98.0 cm³/mol. The summed E-state index contributed by atoms with van der Waals surface area (Å²) in [5, 5.41) is 19.1. The summed E-state index contributed by atoms with van der Waals surface area (Å²) in [5.74, 6) is -0.258. The van der Waals surface area contributed by atoms with Gasteiger partial charge in [0.1, 0.15) is 0 Å². The third-order valence-electron chi connectivity index (χ3n) is 5.55. The van der Waals surface area contributed by atoms with Crippen molar-refractivity contribution in [2.45, 2.75) is 50.6 Å². The van der Waals surface area contributed by atoms with Crippen LogP contribution >= 0.6 is 0 Å². The Morgan fingerprint density at radius 3 is 1.73 bits per heavy atom. The van der Waals surface area contributed by atoms with E-state index in [4.69, 9.17) is 0 Å². The molecule has 0 aliphatic carbocycles. The maximum Gasteiger partial charge on any atom is 0.254 e. The molecule has 0 radical (unpaired) electrons. The Morgan fingerprint density at radius 2 is 1.31 bits per heavy atom. The first-order chi connectivity index (χ1) is 12.7. The number of rotatable bonds is 4. The first kappa shape index (κ1) is 18.9.